The number of aliphatic carboxylic acids is 1. The van der Waals surface area contributed by atoms with E-state index >= 15 is 0 Å². The third-order valence-electron chi connectivity index (χ3n) is 2.73. The van der Waals surface area contributed by atoms with Crippen LogP contribution in [0, 0.1) is 5.92 Å². The SMILES string of the molecule is CCOC1=C(C(=O)[O-])N2C(=O)[C@H]([C@@H](C)O)[C@H]2S1.[Na+]. The third-order valence-corrected chi connectivity index (χ3v) is 4.01. The number of ether oxygens (including phenoxy) is 1. The summed E-state index contributed by atoms with van der Waals surface area (Å²) in [6.45, 7) is 3.55. The molecular weight excluding hydrogens is 269 g/mol. The van der Waals surface area contributed by atoms with Crippen LogP contribution in [0.3, 0.4) is 0 Å². The molecule has 3 atom stereocenters. The van der Waals surface area contributed by atoms with Crippen LogP contribution in [0.5, 0.6) is 0 Å². The summed E-state index contributed by atoms with van der Waals surface area (Å²) in [4.78, 5) is 23.8. The monoisotopic (exact) mass is 281 g/mol. The van der Waals surface area contributed by atoms with Crippen LogP contribution in [0.4, 0.5) is 0 Å². The molecule has 1 amide bonds. The summed E-state index contributed by atoms with van der Waals surface area (Å²) < 4.78 is 5.18. The van der Waals surface area contributed by atoms with E-state index in [4.69, 9.17) is 4.74 Å². The summed E-state index contributed by atoms with van der Waals surface area (Å²) in [5, 5.41) is 20.2. The molecule has 0 bridgehead atoms. The Labute approximate surface area is 131 Å². The number of hydrogen-bond donors (Lipinski definition) is 1. The number of carboxylic acids is 1. The smallest absolute Gasteiger partial charge is 0.543 e. The molecule has 0 aromatic rings. The number of rotatable bonds is 4. The van der Waals surface area contributed by atoms with Crippen molar-refractivity contribution in [3.63, 3.8) is 0 Å². The van der Waals surface area contributed by atoms with E-state index in [2.05, 4.69) is 0 Å². The normalized spacial score (nSPS) is 27.3. The number of carbonyl (C=O) groups excluding carboxylic acids is 2. The molecule has 94 valence electrons. The molecule has 1 saturated heterocycles. The first kappa shape index (κ1) is 15.8. The van der Waals surface area contributed by atoms with Crippen molar-refractivity contribution in [1.29, 1.82) is 0 Å². The number of aliphatic hydroxyl groups excluding tert-OH is 1. The molecule has 18 heavy (non-hydrogen) atoms. The molecule has 0 saturated carbocycles. The van der Waals surface area contributed by atoms with E-state index in [1.807, 2.05) is 0 Å². The fourth-order valence-electron chi connectivity index (χ4n) is 1.97. The van der Waals surface area contributed by atoms with E-state index in [-0.39, 0.29) is 40.3 Å². The van der Waals surface area contributed by atoms with Gasteiger partial charge in [0.2, 0.25) is 5.91 Å². The first-order chi connectivity index (χ1) is 7.99. The summed E-state index contributed by atoms with van der Waals surface area (Å²) >= 11 is 1.14. The maximum absolute atomic E-state index is 11.7. The number of hydrogen-bond acceptors (Lipinski definition) is 6. The fourth-order valence-corrected chi connectivity index (χ4v) is 3.48. The summed E-state index contributed by atoms with van der Waals surface area (Å²) in [7, 11) is 0. The van der Waals surface area contributed by atoms with E-state index < -0.39 is 29.3 Å². The van der Waals surface area contributed by atoms with Gasteiger partial charge in [0.1, 0.15) is 11.1 Å². The molecule has 2 heterocycles. The quantitative estimate of drug-likeness (QED) is 0.416. The van der Waals surface area contributed by atoms with Crippen LogP contribution in [-0.2, 0) is 14.3 Å². The van der Waals surface area contributed by atoms with E-state index in [0.717, 1.165) is 16.7 Å². The predicted molar refractivity (Wildman–Crippen MR) is 57.1 cm³/mol. The molecule has 0 aromatic heterocycles. The van der Waals surface area contributed by atoms with Crippen LogP contribution in [0.2, 0.25) is 0 Å². The van der Waals surface area contributed by atoms with Crippen molar-refractivity contribution in [2.75, 3.05) is 6.61 Å². The van der Waals surface area contributed by atoms with Gasteiger partial charge in [-0.25, -0.2) is 0 Å². The molecule has 1 fully saturated rings. The number of amides is 1. The maximum atomic E-state index is 11.7. The minimum absolute atomic E-state index is 0. The van der Waals surface area contributed by atoms with Gasteiger partial charge < -0.3 is 19.7 Å². The van der Waals surface area contributed by atoms with Crippen molar-refractivity contribution >= 4 is 23.6 Å². The van der Waals surface area contributed by atoms with Gasteiger partial charge in [-0.05, 0) is 13.8 Å². The third kappa shape index (κ3) is 2.30. The van der Waals surface area contributed by atoms with Gasteiger partial charge in [0, 0.05) is 0 Å². The number of carboxylic acid groups (broad SMARTS) is 1. The van der Waals surface area contributed by atoms with Gasteiger partial charge in [-0.15, -0.1) is 0 Å². The van der Waals surface area contributed by atoms with Crippen LogP contribution in [0.25, 0.3) is 0 Å². The second kappa shape index (κ2) is 5.83. The van der Waals surface area contributed by atoms with Crippen LogP contribution >= 0.6 is 11.8 Å². The van der Waals surface area contributed by atoms with Crippen molar-refractivity contribution in [2.24, 2.45) is 5.92 Å². The van der Waals surface area contributed by atoms with Crippen molar-refractivity contribution in [3.05, 3.63) is 10.8 Å². The second-order valence-corrected chi connectivity index (χ2v) is 4.93. The Morgan fingerprint density at radius 1 is 1.67 bits per heavy atom. The number of β-lactam (4-membered cyclic amide) rings is 1. The minimum atomic E-state index is -1.43. The molecule has 0 aliphatic carbocycles. The number of carbonyl (C=O) groups is 2. The zero-order valence-corrected chi connectivity index (χ0v) is 13.2. The molecule has 2 aliphatic heterocycles. The van der Waals surface area contributed by atoms with Gasteiger partial charge in [0.05, 0.1) is 24.6 Å². The zero-order chi connectivity index (χ0) is 12.7. The Morgan fingerprint density at radius 2 is 2.28 bits per heavy atom. The molecule has 2 rings (SSSR count). The van der Waals surface area contributed by atoms with Crippen molar-refractivity contribution < 1.29 is 54.1 Å². The molecule has 0 unspecified atom stereocenters. The number of thioether (sulfide) groups is 1. The van der Waals surface area contributed by atoms with Gasteiger partial charge in [-0.3, -0.25) is 9.69 Å². The topological polar surface area (TPSA) is 89.9 Å². The van der Waals surface area contributed by atoms with E-state index in [1.54, 1.807) is 6.92 Å². The van der Waals surface area contributed by atoms with Crippen LogP contribution in [0.15, 0.2) is 10.8 Å². The average Bonchev–Trinajstić information content (AvgIpc) is 2.53. The summed E-state index contributed by atoms with van der Waals surface area (Å²) in [6, 6.07) is 0. The van der Waals surface area contributed by atoms with E-state index in [0.29, 0.717) is 6.61 Å². The molecule has 1 N–H and O–H groups in total. The van der Waals surface area contributed by atoms with E-state index in [9.17, 15) is 19.8 Å². The Hall–Kier alpha value is -0.210. The molecule has 0 aromatic carbocycles. The molecular formula is C10H12NNaO5S. The predicted octanol–water partition coefficient (Wildman–Crippen LogP) is -4.14. The standard InChI is InChI=1S/C10H13NO5S.Na/c1-3-16-10-6(9(14)15)11-7(13)5(4(2)12)8(11)17-10;/h4-5,8,12H,3H2,1-2H3,(H,14,15);/q;+1/p-1/t4-,5+,8-;/m1./s1. The summed E-state index contributed by atoms with van der Waals surface area (Å²) in [6.07, 6.45) is -0.805. The van der Waals surface area contributed by atoms with Crippen LogP contribution in [-0.4, -0.2) is 40.0 Å². The van der Waals surface area contributed by atoms with Crippen molar-refractivity contribution in [3.8, 4) is 0 Å². The Kier molecular flexibility index (Phi) is 5.13. The zero-order valence-electron chi connectivity index (χ0n) is 10.4. The number of aliphatic hydroxyl groups is 1. The average molecular weight is 281 g/mol. The molecule has 0 spiro atoms. The summed E-state index contributed by atoms with van der Waals surface area (Å²) in [5.41, 5.74) is -0.219. The molecule has 8 heteroatoms. The first-order valence-corrected chi connectivity index (χ1v) is 6.13. The maximum Gasteiger partial charge on any atom is 1.00 e. The van der Waals surface area contributed by atoms with Gasteiger partial charge in [-0.1, -0.05) is 11.8 Å². The largest absolute Gasteiger partial charge is 1.00 e. The number of fused-ring (bicyclic) bond motifs is 1. The fraction of sp³-hybridized carbons (Fsp3) is 0.600. The van der Waals surface area contributed by atoms with Crippen molar-refractivity contribution in [2.45, 2.75) is 25.3 Å². The minimum Gasteiger partial charge on any atom is -0.543 e. The van der Waals surface area contributed by atoms with Gasteiger partial charge >= 0.3 is 29.6 Å². The first-order valence-electron chi connectivity index (χ1n) is 5.25. The van der Waals surface area contributed by atoms with Gasteiger partial charge in [0.15, 0.2) is 5.09 Å². The summed E-state index contributed by atoms with van der Waals surface area (Å²) in [5.74, 6) is -2.40. The van der Waals surface area contributed by atoms with Gasteiger partial charge in [0.25, 0.3) is 0 Å². The van der Waals surface area contributed by atoms with Crippen molar-refractivity contribution in [1.82, 2.24) is 4.90 Å². The second-order valence-electron chi connectivity index (χ2n) is 3.84. The van der Waals surface area contributed by atoms with Crippen LogP contribution in [0.1, 0.15) is 13.8 Å². The molecule has 0 radical (unpaired) electrons. The molecule has 6 nitrogen and oxygen atoms in total. The van der Waals surface area contributed by atoms with E-state index in [1.165, 1.54) is 6.92 Å². The Bertz CT molecular complexity index is 411. The van der Waals surface area contributed by atoms with Crippen LogP contribution < -0.4 is 34.7 Å². The Balaban J connectivity index is 0.00000162. The Morgan fingerprint density at radius 3 is 2.72 bits per heavy atom. The number of nitrogens with zero attached hydrogens (tertiary/aromatic N) is 1. The van der Waals surface area contributed by atoms with Gasteiger partial charge in [-0.2, -0.15) is 0 Å². The molecule has 2 aliphatic rings.